The maximum absolute atomic E-state index is 12.5. The van der Waals surface area contributed by atoms with E-state index in [1.807, 2.05) is 6.92 Å². The van der Waals surface area contributed by atoms with Crippen LogP contribution in [0.5, 0.6) is 0 Å². The van der Waals surface area contributed by atoms with Gasteiger partial charge in [0.1, 0.15) is 18.0 Å². The summed E-state index contributed by atoms with van der Waals surface area (Å²) in [4.78, 5) is 24.4. The monoisotopic (exact) mass is 406 g/mol. The number of carbonyl (C=O) groups is 2. The van der Waals surface area contributed by atoms with Gasteiger partial charge in [0.25, 0.3) is 5.79 Å². The van der Waals surface area contributed by atoms with Gasteiger partial charge in [-0.05, 0) is 20.3 Å². The van der Waals surface area contributed by atoms with Gasteiger partial charge in [-0.3, -0.25) is 4.79 Å². The van der Waals surface area contributed by atoms with Gasteiger partial charge < -0.3 is 35.0 Å². The van der Waals surface area contributed by atoms with Crippen molar-refractivity contribution in [1.29, 1.82) is 0 Å². The van der Waals surface area contributed by atoms with Crippen molar-refractivity contribution in [2.75, 3.05) is 6.61 Å². The van der Waals surface area contributed by atoms with E-state index in [0.717, 1.165) is 6.42 Å². The standard InChI is InChI=1S/C19H34O9/c1-5-6-11(4)13(21)7-12-14(22)8-19(18(25)26,27-10(2)3)28-17(12)16(24)15(23)9-20/h10-12,14-17,20,22-24H,5-9H2,1-4H3,(H,25,26). The summed E-state index contributed by atoms with van der Waals surface area (Å²) in [6.07, 6.45) is -5.78. The molecule has 1 saturated heterocycles. The summed E-state index contributed by atoms with van der Waals surface area (Å²) in [5.41, 5.74) is 0. The number of ether oxygens (including phenoxy) is 2. The van der Waals surface area contributed by atoms with Crippen LogP contribution in [0.4, 0.5) is 0 Å². The molecule has 1 heterocycles. The van der Waals surface area contributed by atoms with E-state index in [1.165, 1.54) is 0 Å². The van der Waals surface area contributed by atoms with Crippen LogP contribution in [0, 0.1) is 11.8 Å². The number of aliphatic carboxylic acids is 1. The Hall–Kier alpha value is -1.10. The van der Waals surface area contributed by atoms with E-state index >= 15 is 0 Å². The Morgan fingerprint density at radius 3 is 2.32 bits per heavy atom. The molecule has 5 N–H and O–H groups in total. The van der Waals surface area contributed by atoms with Crippen molar-refractivity contribution >= 4 is 11.8 Å². The predicted molar refractivity (Wildman–Crippen MR) is 98.4 cm³/mol. The second kappa shape index (κ2) is 10.6. The Labute approximate surface area is 165 Å². The average molecular weight is 406 g/mol. The van der Waals surface area contributed by atoms with Gasteiger partial charge >= 0.3 is 5.97 Å². The number of carbonyl (C=O) groups excluding carboxylic acids is 1. The number of hydrogen-bond donors (Lipinski definition) is 5. The lowest BCUT2D eigenvalue weighted by atomic mass is 9.78. The molecule has 1 rings (SSSR count). The Morgan fingerprint density at radius 2 is 1.86 bits per heavy atom. The molecule has 164 valence electrons. The predicted octanol–water partition coefficient (Wildman–Crippen LogP) is 0.0678. The lowest BCUT2D eigenvalue weighted by Gasteiger charge is -2.47. The van der Waals surface area contributed by atoms with Crippen molar-refractivity contribution in [3.8, 4) is 0 Å². The van der Waals surface area contributed by atoms with Crippen molar-refractivity contribution in [3.05, 3.63) is 0 Å². The number of aliphatic hydroxyl groups excluding tert-OH is 4. The second-order valence-electron chi connectivity index (χ2n) is 7.84. The third-order valence-electron chi connectivity index (χ3n) is 5.10. The largest absolute Gasteiger partial charge is 0.477 e. The molecule has 0 aliphatic carbocycles. The molecule has 0 bridgehead atoms. The fraction of sp³-hybridized carbons (Fsp3) is 0.895. The summed E-state index contributed by atoms with van der Waals surface area (Å²) >= 11 is 0. The third-order valence-corrected chi connectivity index (χ3v) is 5.10. The Morgan fingerprint density at radius 1 is 1.25 bits per heavy atom. The summed E-state index contributed by atoms with van der Waals surface area (Å²) in [5.74, 6) is -5.09. The maximum atomic E-state index is 12.5. The number of ketones is 1. The van der Waals surface area contributed by atoms with Crippen molar-refractivity contribution in [1.82, 2.24) is 0 Å². The zero-order valence-electron chi connectivity index (χ0n) is 16.9. The molecule has 0 radical (unpaired) electrons. The molecular weight excluding hydrogens is 372 g/mol. The number of aliphatic hydroxyl groups is 4. The summed E-state index contributed by atoms with van der Waals surface area (Å²) < 4.78 is 11.0. The number of Topliss-reactive ketones (excluding diaryl/α,β-unsaturated/α-hetero) is 1. The van der Waals surface area contributed by atoms with Gasteiger partial charge in [0, 0.05) is 24.7 Å². The molecule has 7 atom stereocenters. The molecule has 0 spiro atoms. The molecule has 9 heteroatoms. The Kier molecular flexibility index (Phi) is 9.45. The first-order valence-electron chi connectivity index (χ1n) is 9.75. The summed E-state index contributed by atoms with van der Waals surface area (Å²) in [7, 11) is 0. The SMILES string of the molecule is CCCC(C)C(=O)CC1C(O)CC(OC(C)C)(C(=O)O)OC1C(O)C(O)CO. The topological polar surface area (TPSA) is 154 Å². The highest BCUT2D eigenvalue weighted by atomic mass is 16.7. The van der Waals surface area contributed by atoms with Gasteiger partial charge in [-0.2, -0.15) is 0 Å². The van der Waals surface area contributed by atoms with Gasteiger partial charge in [-0.25, -0.2) is 4.79 Å². The van der Waals surface area contributed by atoms with Crippen LogP contribution in [0.3, 0.4) is 0 Å². The highest BCUT2D eigenvalue weighted by Crippen LogP contribution is 2.39. The molecule has 0 saturated carbocycles. The van der Waals surface area contributed by atoms with E-state index in [9.17, 15) is 35.1 Å². The van der Waals surface area contributed by atoms with Gasteiger partial charge in [-0.1, -0.05) is 20.3 Å². The van der Waals surface area contributed by atoms with E-state index in [-0.39, 0.29) is 18.1 Å². The molecule has 9 nitrogen and oxygen atoms in total. The lowest BCUT2D eigenvalue weighted by Crippen LogP contribution is -2.62. The normalized spacial score (nSPS) is 31.4. The first-order chi connectivity index (χ1) is 13.0. The molecule has 0 amide bonds. The van der Waals surface area contributed by atoms with Crippen LogP contribution in [0.25, 0.3) is 0 Å². The molecule has 28 heavy (non-hydrogen) atoms. The zero-order chi connectivity index (χ0) is 21.6. The highest BCUT2D eigenvalue weighted by molar-refractivity contribution is 5.81. The minimum Gasteiger partial charge on any atom is -0.477 e. The average Bonchev–Trinajstić information content (AvgIpc) is 2.61. The fourth-order valence-electron chi connectivity index (χ4n) is 3.58. The van der Waals surface area contributed by atoms with Crippen LogP contribution in [-0.4, -0.2) is 80.2 Å². The van der Waals surface area contributed by atoms with Crippen molar-refractivity contribution in [2.24, 2.45) is 11.8 Å². The first kappa shape index (κ1) is 24.9. The van der Waals surface area contributed by atoms with Crippen molar-refractivity contribution < 1.29 is 44.6 Å². The Balaban J connectivity index is 3.21. The van der Waals surface area contributed by atoms with Crippen LogP contribution in [0.2, 0.25) is 0 Å². The van der Waals surface area contributed by atoms with Crippen LogP contribution < -0.4 is 0 Å². The smallest absolute Gasteiger partial charge is 0.364 e. The van der Waals surface area contributed by atoms with E-state index in [2.05, 4.69) is 0 Å². The van der Waals surface area contributed by atoms with E-state index < -0.39 is 61.2 Å². The number of hydrogen-bond acceptors (Lipinski definition) is 8. The quantitative estimate of drug-likeness (QED) is 0.321. The summed E-state index contributed by atoms with van der Waals surface area (Å²) in [5, 5.41) is 49.8. The molecule has 1 aliphatic rings. The number of carboxylic acids is 1. The maximum Gasteiger partial charge on any atom is 0.364 e. The minimum atomic E-state index is -2.23. The summed E-state index contributed by atoms with van der Waals surface area (Å²) in [6.45, 7) is 6.10. The molecule has 1 fully saturated rings. The van der Waals surface area contributed by atoms with Crippen LogP contribution in [-0.2, 0) is 19.1 Å². The highest BCUT2D eigenvalue weighted by Gasteiger charge is 2.56. The molecular formula is C19H34O9. The molecule has 0 aromatic carbocycles. The second-order valence-corrected chi connectivity index (χ2v) is 7.84. The van der Waals surface area contributed by atoms with Crippen LogP contribution in [0.15, 0.2) is 0 Å². The summed E-state index contributed by atoms with van der Waals surface area (Å²) in [6, 6.07) is 0. The van der Waals surface area contributed by atoms with Crippen LogP contribution >= 0.6 is 0 Å². The molecule has 0 aromatic heterocycles. The number of carboxylic acid groups (broad SMARTS) is 1. The van der Waals surface area contributed by atoms with Gasteiger partial charge in [0.2, 0.25) is 0 Å². The Bertz CT molecular complexity index is 524. The minimum absolute atomic E-state index is 0.153. The molecule has 1 aliphatic heterocycles. The van der Waals surface area contributed by atoms with E-state index in [4.69, 9.17) is 9.47 Å². The van der Waals surface area contributed by atoms with Crippen molar-refractivity contribution in [2.45, 2.75) is 89.7 Å². The fourth-order valence-corrected chi connectivity index (χ4v) is 3.58. The van der Waals surface area contributed by atoms with Gasteiger partial charge in [-0.15, -0.1) is 0 Å². The van der Waals surface area contributed by atoms with E-state index in [1.54, 1.807) is 20.8 Å². The van der Waals surface area contributed by atoms with Gasteiger partial charge in [0.05, 0.1) is 24.9 Å². The molecule has 0 aromatic rings. The molecule has 7 unspecified atom stereocenters. The van der Waals surface area contributed by atoms with Gasteiger partial charge in [0.15, 0.2) is 0 Å². The number of rotatable bonds is 11. The van der Waals surface area contributed by atoms with Crippen LogP contribution in [0.1, 0.15) is 53.4 Å². The first-order valence-corrected chi connectivity index (χ1v) is 9.75. The van der Waals surface area contributed by atoms with Crippen molar-refractivity contribution in [3.63, 3.8) is 0 Å². The lowest BCUT2D eigenvalue weighted by molar-refractivity contribution is -0.327. The zero-order valence-corrected chi connectivity index (χ0v) is 16.9. The third kappa shape index (κ3) is 5.95. The van der Waals surface area contributed by atoms with E-state index in [0.29, 0.717) is 6.42 Å².